The van der Waals surface area contributed by atoms with Crippen molar-refractivity contribution in [3.63, 3.8) is 0 Å². The van der Waals surface area contributed by atoms with Gasteiger partial charge in [0.25, 0.3) is 0 Å². The van der Waals surface area contributed by atoms with E-state index in [1.165, 1.54) is 11.1 Å². The van der Waals surface area contributed by atoms with Gasteiger partial charge in [0, 0.05) is 39.3 Å². The lowest BCUT2D eigenvalue weighted by Gasteiger charge is -2.16. The molecule has 0 amide bonds. The molecule has 36 heavy (non-hydrogen) atoms. The molecule has 0 bridgehead atoms. The largest absolute Gasteiger partial charge is 0.438 e. The van der Waals surface area contributed by atoms with Crippen molar-refractivity contribution in [1.29, 1.82) is 0 Å². The van der Waals surface area contributed by atoms with E-state index in [4.69, 9.17) is 4.99 Å². The molecule has 1 aromatic carbocycles. The van der Waals surface area contributed by atoms with Gasteiger partial charge in [0.2, 0.25) is 0 Å². The van der Waals surface area contributed by atoms with Gasteiger partial charge in [0.05, 0.1) is 13.1 Å². The molecule has 0 radical (unpaired) electrons. The highest BCUT2D eigenvalue weighted by molar-refractivity contribution is 5.79. The molecule has 206 valence electrons. The van der Waals surface area contributed by atoms with E-state index in [-0.39, 0.29) is 0 Å². The summed E-state index contributed by atoms with van der Waals surface area (Å²) in [6.07, 6.45) is 0. The van der Waals surface area contributed by atoms with Crippen LogP contribution in [0.5, 0.6) is 0 Å². The van der Waals surface area contributed by atoms with Crippen LogP contribution in [-0.2, 0) is 13.1 Å². The molecule has 10 heteroatoms. The van der Waals surface area contributed by atoms with Crippen LogP contribution in [0.4, 0.5) is 0 Å². The Kier molecular flexibility index (Phi) is 16.7. The monoisotopic (exact) mass is 506 g/mol. The quantitative estimate of drug-likeness (QED) is 0.121. The van der Waals surface area contributed by atoms with Gasteiger partial charge in [-0.3, -0.25) is 0 Å². The predicted octanol–water partition coefficient (Wildman–Crippen LogP) is -2.94. The van der Waals surface area contributed by atoms with Gasteiger partial charge in [-0.1, -0.05) is 24.3 Å². The van der Waals surface area contributed by atoms with Gasteiger partial charge in [0.1, 0.15) is 13.1 Å². The highest BCUT2D eigenvalue weighted by Crippen LogP contribution is 2.05. The van der Waals surface area contributed by atoms with Crippen LogP contribution in [0.3, 0.4) is 0 Å². The molecule has 10 nitrogen and oxygen atoms in total. The molecular weight excluding hydrogens is 452 g/mol. The summed E-state index contributed by atoms with van der Waals surface area (Å²) in [6.45, 7) is 8.98. The Morgan fingerprint density at radius 1 is 0.750 bits per heavy atom. The molecule has 1 rings (SSSR count). The van der Waals surface area contributed by atoms with Gasteiger partial charge in [-0.05, 0) is 67.5 Å². The normalized spacial score (nSPS) is 12.1. The third-order valence-corrected chi connectivity index (χ3v) is 5.40. The molecule has 6 N–H and O–H groups in total. The van der Waals surface area contributed by atoms with Crippen LogP contribution in [0.25, 0.3) is 0 Å². The van der Waals surface area contributed by atoms with Crippen molar-refractivity contribution in [2.75, 3.05) is 109 Å². The number of benzene rings is 1. The number of nitrogens with zero attached hydrogens (tertiary/aromatic N) is 5. The molecule has 0 fully saturated rings. The van der Waals surface area contributed by atoms with E-state index in [0.29, 0.717) is 6.54 Å². The zero-order valence-corrected chi connectivity index (χ0v) is 24.2. The zero-order chi connectivity index (χ0) is 26.8. The zero-order valence-electron chi connectivity index (χ0n) is 24.2. The number of likely N-dealkylation sites (N-methyl/N-ethyl adjacent to an activating group) is 4. The summed E-state index contributed by atoms with van der Waals surface area (Å²) in [5.74, 6) is 1.96. The number of nitrogens with two attached hydrogens (primary N) is 1. The molecule has 0 aliphatic carbocycles. The Bertz CT molecular complexity index is 668. The lowest BCUT2D eigenvalue weighted by atomic mass is 10.1. The van der Waals surface area contributed by atoms with Gasteiger partial charge < -0.3 is 30.2 Å². The summed E-state index contributed by atoms with van der Waals surface area (Å²) in [4.78, 5) is 17.2. The van der Waals surface area contributed by atoms with E-state index in [0.717, 1.165) is 70.8 Å². The number of nitrogens with one attached hydrogen (secondary N) is 4. The summed E-state index contributed by atoms with van der Waals surface area (Å²) in [5.41, 5.74) is 2.45. The third-order valence-electron chi connectivity index (χ3n) is 5.40. The van der Waals surface area contributed by atoms with Crippen molar-refractivity contribution in [2.45, 2.75) is 13.1 Å². The lowest BCUT2D eigenvalue weighted by Crippen LogP contribution is -3.03. The minimum Gasteiger partial charge on any atom is -0.355 e. The molecule has 0 heterocycles. The Hall–Kier alpha value is -2.24. The SMILES string of the molecule is CN(C)CCNC(=NCc1cccc(C[NH+]=C(NCCN(C)C)[NH2+]CCN(C)C)c1)NCCN(C)C. The number of guanidine groups is 2. The molecule has 0 unspecified atom stereocenters. The Morgan fingerprint density at radius 3 is 1.83 bits per heavy atom. The first-order valence-electron chi connectivity index (χ1n) is 13.0. The molecule has 0 saturated heterocycles. The number of aliphatic imine (C=N–C) groups is 1. The van der Waals surface area contributed by atoms with Gasteiger partial charge >= 0.3 is 5.96 Å². The molecule has 0 saturated carbocycles. The summed E-state index contributed by atoms with van der Waals surface area (Å²) in [7, 11) is 16.7. The number of hydrogen-bond donors (Lipinski definition) is 5. The molecule has 1 aromatic rings. The first-order chi connectivity index (χ1) is 17.2. The maximum Gasteiger partial charge on any atom is 0.438 e. The number of hydrogen-bond acceptors (Lipinski definition) is 5. The smallest absolute Gasteiger partial charge is 0.355 e. The van der Waals surface area contributed by atoms with E-state index >= 15 is 0 Å². The molecule has 0 spiro atoms. The van der Waals surface area contributed by atoms with Crippen molar-refractivity contribution in [3.05, 3.63) is 35.4 Å². The maximum absolute atomic E-state index is 4.84. The van der Waals surface area contributed by atoms with E-state index in [1.807, 2.05) is 0 Å². The minimum absolute atomic E-state index is 0.639. The van der Waals surface area contributed by atoms with E-state index in [9.17, 15) is 0 Å². The third kappa shape index (κ3) is 17.2. The van der Waals surface area contributed by atoms with Gasteiger partial charge in [-0.25, -0.2) is 20.6 Å². The Morgan fingerprint density at radius 2 is 1.28 bits per heavy atom. The topological polar surface area (TPSA) is 92.0 Å². The van der Waals surface area contributed by atoms with Gasteiger partial charge in [0.15, 0.2) is 5.96 Å². The Balaban J connectivity index is 2.79. The highest BCUT2D eigenvalue weighted by atomic mass is 15.2. The van der Waals surface area contributed by atoms with E-state index < -0.39 is 0 Å². The van der Waals surface area contributed by atoms with Crippen LogP contribution in [0.2, 0.25) is 0 Å². The van der Waals surface area contributed by atoms with Crippen LogP contribution in [0, 0.1) is 0 Å². The summed E-state index contributed by atoms with van der Waals surface area (Å²) in [5, 5.41) is 12.7. The minimum atomic E-state index is 0.639. The van der Waals surface area contributed by atoms with Crippen LogP contribution in [-0.4, -0.2) is 140 Å². The average molecular weight is 507 g/mol. The molecule has 0 aliphatic heterocycles. The maximum atomic E-state index is 4.84. The van der Waals surface area contributed by atoms with Crippen molar-refractivity contribution in [3.8, 4) is 0 Å². The number of rotatable bonds is 16. The van der Waals surface area contributed by atoms with Crippen LogP contribution in [0.1, 0.15) is 11.1 Å². The second-order valence-electron chi connectivity index (χ2n) is 10.2. The van der Waals surface area contributed by atoms with Crippen LogP contribution >= 0.6 is 0 Å². The summed E-state index contributed by atoms with van der Waals surface area (Å²) in [6, 6.07) is 8.68. The van der Waals surface area contributed by atoms with Gasteiger partial charge in [-0.2, -0.15) is 0 Å². The van der Waals surface area contributed by atoms with Crippen LogP contribution in [0.15, 0.2) is 29.3 Å². The fourth-order valence-corrected chi connectivity index (χ4v) is 3.26. The first kappa shape index (κ1) is 31.8. The van der Waals surface area contributed by atoms with Crippen molar-refractivity contribution < 1.29 is 10.3 Å². The molecular formula is C26H54N10+2. The number of quaternary nitrogens is 1. The highest BCUT2D eigenvalue weighted by Gasteiger charge is 2.11. The second kappa shape index (κ2) is 18.9. The summed E-state index contributed by atoms with van der Waals surface area (Å²) >= 11 is 0. The Labute approximate surface area is 220 Å². The van der Waals surface area contributed by atoms with Crippen molar-refractivity contribution in [2.24, 2.45) is 4.99 Å². The van der Waals surface area contributed by atoms with E-state index in [2.05, 4.69) is 127 Å². The predicted molar refractivity (Wildman–Crippen MR) is 152 cm³/mol. The van der Waals surface area contributed by atoms with Crippen molar-refractivity contribution >= 4 is 11.9 Å². The van der Waals surface area contributed by atoms with Gasteiger partial charge in [-0.15, -0.1) is 0 Å². The first-order valence-corrected chi connectivity index (χ1v) is 13.0. The average Bonchev–Trinajstić information content (AvgIpc) is 2.79. The van der Waals surface area contributed by atoms with Crippen LogP contribution < -0.4 is 26.3 Å². The van der Waals surface area contributed by atoms with Crippen molar-refractivity contribution in [1.82, 2.24) is 35.6 Å². The molecule has 0 atom stereocenters. The standard InChI is InChI=1S/C26H52N10/c1-33(2)16-12-27-25(28-13-17-34(3)4)31-21-23-10-9-11-24(20-23)22-32-26(29-14-18-35(5)6)30-15-19-36(7)8/h9-11,20H,12-19,21-22H2,1-8H3,(H2,27,28,31)(H2,29,30,32)/p+2. The lowest BCUT2D eigenvalue weighted by molar-refractivity contribution is -0.624. The summed E-state index contributed by atoms with van der Waals surface area (Å²) < 4.78 is 0. The van der Waals surface area contributed by atoms with E-state index in [1.54, 1.807) is 0 Å². The molecule has 0 aromatic heterocycles. The molecule has 0 aliphatic rings. The second-order valence-corrected chi connectivity index (χ2v) is 10.2. The fraction of sp³-hybridized carbons (Fsp3) is 0.692. The fourth-order valence-electron chi connectivity index (χ4n) is 3.26.